The minimum absolute atomic E-state index is 0.0582. The van der Waals surface area contributed by atoms with E-state index in [2.05, 4.69) is 25.7 Å². The monoisotopic (exact) mass is 408 g/mol. The van der Waals surface area contributed by atoms with Crippen molar-refractivity contribution in [2.24, 2.45) is 0 Å². The molecule has 2 heterocycles. The average molecular weight is 408 g/mol. The lowest BCUT2D eigenvalue weighted by Crippen LogP contribution is -2.27. The van der Waals surface area contributed by atoms with Crippen molar-refractivity contribution < 1.29 is 22.7 Å². The van der Waals surface area contributed by atoms with E-state index in [4.69, 9.17) is 4.74 Å². The van der Waals surface area contributed by atoms with Crippen LogP contribution in [0.3, 0.4) is 0 Å². The molecule has 2 N–H and O–H groups in total. The molecule has 1 amide bonds. The number of nitrogens with one attached hydrogen (secondary N) is 2. The lowest BCUT2D eigenvalue weighted by Gasteiger charge is -2.10. The Bertz CT molecular complexity index is 989. The van der Waals surface area contributed by atoms with Gasteiger partial charge in [0.1, 0.15) is 12.1 Å². The maximum absolute atomic E-state index is 12.8. The predicted molar refractivity (Wildman–Crippen MR) is 99.5 cm³/mol. The average Bonchev–Trinajstić information content (AvgIpc) is 3.11. The van der Waals surface area contributed by atoms with Crippen molar-refractivity contribution in [2.75, 3.05) is 32.1 Å². The molecule has 3 rings (SSSR count). The van der Waals surface area contributed by atoms with Crippen LogP contribution in [0.15, 0.2) is 36.8 Å². The van der Waals surface area contributed by atoms with Gasteiger partial charge in [0, 0.05) is 25.8 Å². The second kappa shape index (κ2) is 8.86. The summed E-state index contributed by atoms with van der Waals surface area (Å²) in [4.78, 5) is 20.5. The summed E-state index contributed by atoms with van der Waals surface area (Å²) in [5.41, 5.74) is -0.348. The first-order valence-electron chi connectivity index (χ1n) is 8.75. The molecular weight excluding hydrogens is 389 g/mol. The van der Waals surface area contributed by atoms with Crippen molar-refractivity contribution in [2.45, 2.75) is 12.7 Å². The van der Waals surface area contributed by atoms with Crippen LogP contribution in [-0.2, 0) is 17.5 Å². The molecule has 0 saturated carbocycles. The number of fused-ring (bicyclic) bond motifs is 1. The third kappa shape index (κ3) is 4.99. The number of alkyl halides is 3. The topological polar surface area (TPSA) is 94.0 Å². The second-order valence-corrected chi connectivity index (χ2v) is 6.08. The van der Waals surface area contributed by atoms with Crippen molar-refractivity contribution in [3.63, 3.8) is 0 Å². The van der Waals surface area contributed by atoms with E-state index in [0.717, 1.165) is 12.1 Å². The van der Waals surface area contributed by atoms with Gasteiger partial charge in [0.25, 0.3) is 5.91 Å². The molecule has 11 heteroatoms. The number of rotatable bonds is 8. The van der Waals surface area contributed by atoms with Crippen molar-refractivity contribution in [1.29, 1.82) is 0 Å². The van der Waals surface area contributed by atoms with Crippen LogP contribution in [0, 0.1) is 0 Å². The highest BCUT2D eigenvalue weighted by molar-refractivity contribution is 5.94. The Morgan fingerprint density at radius 3 is 2.83 bits per heavy atom. The summed E-state index contributed by atoms with van der Waals surface area (Å²) < 4.78 is 44.9. The van der Waals surface area contributed by atoms with Crippen LogP contribution < -0.4 is 10.6 Å². The van der Waals surface area contributed by atoms with Gasteiger partial charge < -0.3 is 15.4 Å². The summed E-state index contributed by atoms with van der Waals surface area (Å²) in [6.07, 6.45) is -1.49. The van der Waals surface area contributed by atoms with Gasteiger partial charge in [0.2, 0.25) is 0 Å². The fraction of sp³-hybridized carbons (Fsp3) is 0.333. The molecule has 0 fully saturated rings. The molecule has 1 aromatic carbocycles. The summed E-state index contributed by atoms with van der Waals surface area (Å²) in [6, 6.07) is 4.28. The number of ether oxygens (including phenoxy) is 1. The molecule has 0 aliphatic heterocycles. The number of anilines is 1. The zero-order valence-corrected chi connectivity index (χ0v) is 15.5. The van der Waals surface area contributed by atoms with E-state index in [9.17, 15) is 18.0 Å². The predicted octanol–water partition coefficient (Wildman–Crippen LogP) is 2.33. The van der Waals surface area contributed by atoms with E-state index >= 15 is 0 Å². The number of carbonyl (C=O) groups excluding carboxylic acids is 1. The number of aromatic nitrogens is 4. The lowest BCUT2D eigenvalue weighted by molar-refractivity contribution is -0.137. The number of hydrogen-bond acceptors (Lipinski definition) is 6. The highest BCUT2D eigenvalue weighted by Crippen LogP contribution is 2.29. The highest BCUT2D eigenvalue weighted by atomic mass is 19.4. The quantitative estimate of drug-likeness (QED) is 0.556. The van der Waals surface area contributed by atoms with Gasteiger partial charge in [-0.3, -0.25) is 4.79 Å². The number of nitrogens with zero attached hydrogens (tertiary/aromatic N) is 4. The summed E-state index contributed by atoms with van der Waals surface area (Å²) in [5.74, 6) is 0.0235. The van der Waals surface area contributed by atoms with Crippen LogP contribution in [0.2, 0.25) is 0 Å². The molecule has 2 aromatic heterocycles. The van der Waals surface area contributed by atoms with Gasteiger partial charge in [0.15, 0.2) is 5.65 Å². The minimum Gasteiger partial charge on any atom is -0.383 e. The van der Waals surface area contributed by atoms with Gasteiger partial charge in [-0.05, 0) is 18.2 Å². The van der Waals surface area contributed by atoms with Crippen LogP contribution in [0.5, 0.6) is 0 Å². The minimum atomic E-state index is -4.50. The number of carbonyl (C=O) groups is 1. The molecule has 0 aliphatic rings. The standard InChI is InChI=1S/C18H19F3N6O2/c1-29-8-6-22-15-14-10-26-27(16(14)25-11-24-15)7-5-23-17(28)12-3-2-4-13(9-12)18(19,20)21/h2-4,9-11H,5-8H2,1H3,(H,23,28)(H,22,24,25). The summed E-state index contributed by atoms with van der Waals surface area (Å²) in [5, 5.41) is 10.7. The first-order chi connectivity index (χ1) is 13.9. The third-order valence-corrected chi connectivity index (χ3v) is 4.09. The van der Waals surface area contributed by atoms with Crippen LogP contribution in [-0.4, -0.2) is 52.5 Å². The first kappa shape index (κ1) is 20.5. The molecule has 0 unspecified atom stereocenters. The smallest absolute Gasteiger partial charge is 0.383 e. The van der Waals surface area contributed by atoms with E-state index in [1.165, 1.54) is 18.5 Å². The van der Waals surface area contributed by atoms with E-state index in [1.807, 2.05) is 0 Å². The van der Waals surface area contributed by atoms with E-state index in [1.54, 1.807) is 18.0 Å². The van der Waals surface area contributed by atoms with Crippen molar-refractivity contribution >= 4 is 22.8 Å². The fourth-order valence-electron chi connectivity index (χ4n) is 2.68. The molecule has 0 saturated heterocycles. The Morgan fingerprint density at radius 1 is 1.24 bits per heavy atom. The first-order valence-corrected chi connectivity index (χ1v) is 8.75. The molecule has 8 nitrogen and oxygen atoms in total. The van der Waals surface area contributed by atoms with Gasteiger partial charge >= 0.3 is 6.18 Å². The number of methoxy groups -OCH3 is 1. The Hall–Kier alpha value is -3.21. The molecule has 3 aromatic rings. The molecule has 0 radical (unpaired) electrons. The van der Waals surface area contributed by atoms with Crippen LogP contribution in [0.25, 0.3) is 11.0 Å². The second-order valence-electron chi connectivity index (χ2n) is 6.08. The molecule has 0 aliphatic carbocycles. The lowest BCUT2D eigenvalue weighted by atomic mass is 10.1. The van der Waals surface area contributed by atoms with E-state index in [-0.39, 0.29) is 12.1 Å². The van der Waals surface area contributed by atoms with Crippen LogP contribution in [0.4, 0.5) is 19.0 Å². The largest absolute Gasteiger partial charge is 0.416 e. The molecule has 29 heavy (non-hydrogen) atoms. The number of halogens is 3. The van der Waals surface area contributed by atoms with Gasteiger partial charge in [-0.1, -0.05) is 6.07 Å². The summed E-state index contributed by atoms with van der Waals surface area (Å²) in [7, 11) is 1.60. The Labute approximate surface area is 164 Å². The summed E-state index contributed by atoms with van der Waals surface area (Å²) >= 11 is 0. The van der Waals surface area contributed by atoms with E-state index in [0.29, 0.717) is 36.5 Å². The van der Waals surface area contributed by atoms with Gasteiger partial charge in [-0.2, -0.15) is 18.3 Å². The van der Waals surface area contributed by atoms with Crippen molar-refractivity contribution in [3.05, 3.63) is 47.9 Å². The Morgan fingerprint density at radius 2 is 2.07 bits per heavy atom. The Kier molecular flexibility index (Phi) is 6.27. The molecule has 0 spiro atoms. The van der Waals surface area contributed by atoms with Crippen molar-refractivity contribution in [1.82, 2.24) is 25.1 Å². The Balaban J connectivity index is 1.63. The zero-order valence-electron chi connectivity index (χ0n) is 15.5. The highest BCUT2D eigenvalue weighted by Gasteiger charge is 2.30. The van der Waals surface area contributed by atoms with Crippen LogP contribution >= 0.6 is 0 Å². The maximum atomic E-state index is 12.8. The van der Waals surface area contributed by atoms with Crippen LogP contribution in [0.1, 0.15) is 15.9 Å². The van der Waals surface area contributed by atoms with Gasteiger partial charge in [-0.15, -0.1) is 0 Å². The molecule has 0 atom stereocenters. The van der Waals surface area contributed by atoms with Gasteiger partial charge in [0.05, 0.1) is 30.3 Å². The zero-order chi connectivity index (χ0) is 20.9. The van der Waals surface area contributed by atoms with Gasteiger partial charge in [-0.25, -0.2) is 14.6 Å². The number of hydrogen-bond donors (Lipinski definition) is 2. The van der Waals surface area contributed by atoms with E-state index < -0.39 is 17.6 Å². The third-order valence-electron chi connectivity index (χ3n) is 4.09. The molecule has 0 bridgehead atoms. The fourth-order valence-corrected chi connectivity index (χ4v) is 2.68. The number of amides is 1. The normalized spacial score (nSPS) is 11.6. The maximum Gasteiger partial charge on any atom is 0.416 e. The molecular formula is C18H19F3N6O2. The number of benzene rings is 1. The molecule has 154 valence electrons. The summed E-state index contributed by atoms with van der Waals surface area (Å²) in [6.45, 7) is 1.55. The van der Waals surface area contributed by atoms with Crippen molar-refractivity contribution in [3.8, 4) is 0 Å². The SMILES string of the molecule is COCCNc1ncnc2c1cnn2CCNC(=O)c1cccc(C(F)(F)F)c1.